The predicted octanol–water partition coefficient (Wildman–Crippen LogP) is 2.00. The third kappa shape index (κ3) is 9.63. The Balaban J connectivity index is 1.96. The maximum Gasteiger partial charge on any atom is 0.336 e. The van der Waals surface area contributed by atoms with Crippen LogP contribution in [-0.2, 0) is 28.7 Å². The van der Waals surface area contributed by atoms with Crippen LogP contribution in [0.2, 0.25) is 0 Å². The Morgan fingerprint density at radius 2 is 1.64 bits per heavy atom. The second-order valence-electron chi connectivity index (χ2n) is 7.27. The van der Waals surface area contributed by atoms with E-state index in [2.05, 4.69) is 23.1 Å². The average molecular weight is 500 g/mol. The Kier molecular flexibility index (Phi) is 10.1. The highest BCUT2D eigenvalue weighted by Crippen LogP contribution is 2.18. The van der Waals surface area contributed by atoms with E-state index >= 15 is 0 Å². The first-order valence-electron chi connectivity index (χ1n) is 10.5. The largest absolute Gasteiger partial charge is 0.462 e. The summed E-state index contributed by atoms with van der Waals surface area (Å²) < 4.78 is 25.6. The standard InChI is InChI=1S/C24H24N2O10/c1-14(2)23(30)32-10-9-20(28)35-19-8-6-17(13-26-19)34-22(36-24(31)15(3)4)11-21(29)33-16-5-7-18(27)25-12-16/h5-8,12-13,22H,1,3,9-11H2,2,4H3,(H,25,27). The van der Waals surface area contributed by atoms with Crippen LogP contribution in [0, 0.1) is 0 Å². The van der Waals surface area contributed by atoms with Gasteiger partial charge in [0.05, 0.1) is 12.6 Å². The van der Waals surface area contributed by atoms with Gasteiger partial charge in [0.1, 0.15) is 24.5 Å². The highest BCUT2D eigenvalue weighted by atomic mass is 16.7. The van der Waals surface area contributed by atoms with E-state index in [4.69, 9.17) is 23.7 Å². The summed E-state index contributed by atoms with van der Waals surface area (Å²) in [6.07, 6.45) is 0.276. The van der Waals surface area contributed by atoms with E-state index in [1.807, 2.05) is 0 Å². The molecule has 0 amide bonds. The molecule has 1 atom stereocenters. The number of ether oxygens (including phenoxy) is 5. The highest BCUT2D eigenvalue weighted by Gasteiger charge is 2.22. The topological polar surface area (TPSA) is 160 Å². The Bertz CT molecular complexity index is 1180. The molecule has 0 saturated heterocycles. The van der Waals surface area contributed by atoms with Gasteiger partial charge in [0.15, 0.2) is 0 Å². The van der Waals surface area contributed by atoms with E-state index in [1.165, 1.54) is 50.5 Å². The zero-order valence-corrected chi connectivity index (χ0v) is 19.6. The summed E-state index contributed by atoms with van der Waals surface area (Å²) in [6.45, 7) is 9.62. The van der Waals surface area contributed by atoms with Crippen LogP contribution in [0.1, 0.15) is 26.7 Å². The van der Waals surface area contributed by atoms with Crippen LogP contribution in [0.3, 0.4) is 0 Å². The molecular formula is C24H24N2O10. The van der Waals surface area contributed by atoms with Crippen LogP contribution in [0.25, 0.3) is 0 Å². The van der Waals surface area contributed by atoms with E-state index in [0.29, 0.717) is 0 Å². The number of carbonyl (C=O) groups excluding carboxylic acids is 4. The van der Waals surface area contributed by atoms with Gasteiger partial charge in [-0.25, -0.2) is 14.6 Å². The van der Waals surface area contributed by atoms with E-state index in [9.17, 15) is 24.0 Å². The summed E-state index contributed by atoms with van der Waals surface area (Å²) in [5.74, 6) is -2.83. The molecule has 0 aliphatic carbocycles. The molecule has 0 aliphatic heterocycles. The first kappa shape index (κ1) is 27.5. The minimum absolute atomic E-state index is 0.0634. The first-order chi connectivity index (χ1) is 17.0. The molecule has 2 heterocycles. The molecular weight excluding hydrogens is 476 g/mol. The Labute approximate surface area is 205 Å². The zero-order chi connectivity index (χ0) is 26.7. The van der Waals surface area contributed by atoms with Crippen molar-refractivity contribution < 1.29 is 42.9 Å². The number of aromatic nitrogens is 2. The van der Waals surface area contributed by atoms with Gasteiger partial charge in [0, 0.05) is 29.5 Å². The Morgan fingerprint density at radius 3 is 2.22 bits per heavy atom. The highest BCUT2D eigenvalue weighted by molar-refractivity contribution is 5.87. The monoisotopic (exact) mass is 500 g/mol. The van der Waals surface area contributed by atoms with Crippen LogP contribution in [0.5, 0.6) is 17.4 Å². The van der Waals surface area contributed by atoms with Gasteiger partial charge in [-0.2, -0.15) is 0 Å². The molecule has 1 N–H and O–H groups in total. The molecule has 0 aromatic carbocycles. The molecule has 36 heavy (non-hydrogen) atoms. The molecule has 0 bridgehead atoms. The van der Waals surface area contributed by atoms with Crippen molar-refractivity contribution in [2.24, 2.45) is 0 Å². The first-order valence-corrected chi connectivity index (χ1v) is 10.5. The van der Waals surface area contributed by atoms with Crippen LogP contribution in [0.4, 0.5) is 0 Å². The van der Waals surface area contributed by atoms with Crippen molar-refractivity contribution in [2.45, 2.75) is 33.0 Å². The van der Waals surface area contributed by atoms with Gasteiger partial charge >= 0.3 is 23.9 Å². The molecule has 0 fully saturated rings. The van der Waals surface area contributed by atoms with Gasteiger partial charge in [0.2, 0.25) is 11.4 Å². The second kappa shape index (κ2) is 13.2. The number of aromatic amines is 1. The van der Waals surface area contributed by atoms with Crippen molar-refractivity contribution in [3.63, 3.8) is 0 Å². The number of nitrogens with zero attached hydrogens (tertiary/aromatic N) is 1. The third-order valence-electron chi connectivity index (χ3n) is 3.99. The SMILES string of the molecule is C=C(C)C(=O)OCCC(=O)Oc1ccc(OC(CC(=O)Oc2ccc(=O)[nH]c2)OC(=O)C(=C)C)cn1. The number of hydrogen-bond acceptors (Lipinski definition) is 11. The van der Waals surface area contributed by atoms with Gasteiger partial charge in [-0.1, -0.05) is 13.2 Å². The third-order valence-corrected chi connectivity index (χ3v) is 3.99. The van der Waals surface area contributed by atoms with Gasteiger partial charge in [-0.3, -0.25) is 14.4 Å². The molecule has 12 heteroatoms. The molecule has 190 valence electrons. The quantitative estimate of drug-likeness (QED) is 0.258. The van der Waals surface area contributed by atoms with Gasteiger partial charge in [-0.15, -0.1) is 0 Å². The number of hydrogen-bond donors (Lipinski definition) is 1. The molecule has 1 unspecified atom stereocenters. The lowest BCUT2D eigenvalue weighted by Gasteiger charge is -2.18. The molecule has 2 rings (SSSR count). The number of pyridine rings is 2. The molecule has 12 nitrogen and oxygen atoms in total. The van der Waals surface area contributed by atoms with E-state index < -0.39 is 36.6 Å². The zero-order valence-electron chi connectivity index (χ0n) is 19.6. The summed E-state index contributed by atoms with van der Waals surface area (Å²) >= 11 is 0. The minimum Gasteiger partial charge on any atom is -0.462 e. The molecule has 2 aromatic heterocycles. The fourth-order valence-corrected chi connectivity index (χ4v) is 2.26. The number of esters is 4. The van der Waals surface area contributed by atoms with Crippen LogP contribution >= 0.6 is 0 Å². The Hall–Kier alpha value is -4.74. The normalized spacial score (nSPS) is 10.9. The second-order valence-corrected chi connectivity index (χ2v) is 7.27. The summed E-state index contributed by atoms with van der Waals surface area (Å²) in [5.41, 5.74) is -0.0938. The molecule has 0 spiro atoms. The maximum absolute atomic E-state index is 12.3. The number of carbonyl (C=O) groups is 4. The lowest BCUT2D eigenvalue weighted by Crippen LogP contribution is -2.29. The lowest BCUT2D eigenvalue weighted by atomic mass is 10.3. The van der Waals surface area contributed by atoms with Crippen molar-refractivity contribution in [2.75, 3.05) is 6.61 Å². The van der Waals surface area contributed by atoms with Crippen LogP contribution < -0.4 is 19.8 Å². The van der Waals surface area contributed by atoms with E-state index in [0.717, 1.165) is 0 Å². The van der Waals surface area contributed by atoms with Crippen molar-refractivity contribution in [1.29, 1.82) is 0 Å². The summed E-state index contributed by atoms with van der Waals surface area (Å²) in [4.78, 5) is 64.8. The van der Waals surface area contributed by atoms with Crippen LogP contribution in [0.15, 0.2) is 65.8 Å². The smallest absolute Gasteiger partial charge is 0.336 e. The molecule has 2 aromatic rings. The molecule has 0 aliphatic rings. The molecule has 0 saturated carbocycles. The number of H-pyrrole nitrogens is 1. The predicted molar refractivity (Wildman–Crippen MR) is 123 cm³/mol. The van der Waals surface area contributed by atoms with E-state index in [1.54, 1.807) is 0 Å². The van der Waals surface area contributed by atoms with Crippen molar-refractivity contribution >= 4 is 23.9 Å². The fourth-order valence-electron chi connectivity index (χ4n) is 2.26. The fraction of sp³-hybridized carbons (Fsp3) is 0.250. The average Bonchev–Trinajstić information content (AvgIpc) is 2.81. The summed E-state index contributed by atoms with van der Waals surface area (Å²) in [5, 5.41) is 0. The van der Waals surface area contributed by atoms with Crippen molar-refractivity contribution in [3.05, 3.63) is 71.3 Å². The summed E-state index contributed by atoms with van der Waals surface area (Å²) in [6, 6.07) is 5.14. The minimum atomic E-state index is -1.40. The summed E-state index contributed by atoms with van der Waals surface area (Å²) in [7, 11) is 0. The number of rotatable bonds is 12. The number of nitrogens with one attached hydrogen (secondary N) is 1. The molecule has 0 radical (unpaired) electrons. The van der Waals surface area contributed by atoms with Crippen LogP contribution in [-0.4, -0.2) is 46.7 Å². The van der Waals surface area contributed by atoms with Gasteiger partial charge < -0.3 is 28.7 Å². The van der Waals surface area contributed by atoms with Crippen molar-refractivity contribution in [3.8, 4) is 17.4 Å². The van der Waals surface area contributed by atoms with Crippen molar-refractivity contribution in [1.82, 2.24) is 9.97 Å². The lowest BCUT2D eigenvalue weighted by molar-refractivity contribution is -0.164. The maximum atomic E-state index is 12.3. The van der Waals surface area contributed by atoms with Gasteiger partial charge in [-0.05, 0) is 26.0 Å². The van der Waals surface area contributed by atoms with Gasteiger partial charge in [0.25, 0.3) is 6.29 Å². The van der Waals surface area contributed by atoms with E-state index in [-0.39, 0.29) is 47.1 Å². The Morgan fingerprint density at radius 1 is 0.944 bits per heavy atom.